The van der Waals surface area contributed by atoms with Gasteiger partial charge in [-0.15, -0.1) is 0 Å². The molecule has 29 heavy (non-hydrogen) atoms. The lowest BCUT2D eigenvalue weighted by Gasteiger charge is -2.14. The van der Waals surface area contributed by atoms with Crippen molar-refractivity contribution in [1.29, 1.82) is 0 Å². The third-order valence-corrected chi connectivity index (χ3v) is 5.97. The number of hydrogen-bond acceptors (Lipinski definition) is 7. The van der Waals surface area contributed by atoms with Crippen LogP contribution in [0.4, 0.5) is 0 Å². The van der Waals surface area contributed by atoms with E-state index in [-0.39, 0.29) is 18.7 Å². The zero-order valence-corrected chi connectivity index (χ0v) is 18.1. The highest BCUT2D eigenvalue weighted by molar-refractivity contribution is 8.26. The van der Waals surface area contributed by atoms with Gasteiger partial charge in [0.2, 0.25) is 6.79 Å². The van der Waals surface area contributed by atoms with Gasteiger partial charge in [0, 0.05) is 13.0 Å². The number of fused-ring (bicyclic) bond motifs is 1. The topological polar surface area (TPSA) is 65.1 Å². The van der Waals surface area contributed by atoms with E-state index in [4.69, 9.17) is 26.4 Å². The summed E-state index contributed by atoms with van der Waals surface area (Å²) in [7, 11) is 0. The van der Waals surface area contributed by atoms with E-state index in [0.29, 0.717) is 40.3 Å². The Morgan fingerprint density at radius 3 is 2.90 bits per heavy atom. The highest BCUT2D eigenvalue weighted by Crippen LogP contribution is 2.36. The van der Waals surface area contributed by atoms with Crippen LogP contribution >= 0.6 is 24.0 Å². The van der Waals surface area contributed by atoms with Crippen molar-refractivity contribution in [2.24, 2.45) is 0 Å². The monoisotopic (exact) mass is 435 g/mol. The Morgan fingerprint density at radius 2 is 2.07 bits per heavy atom. The average molecular weight is 436 g/mol. The lowest BCUT2D eigenvalue weighted by Crippen LogP contribution is -2.29. The second-order valence-corrected chi connectivity index (χ2v) is 8.51. The van der Waals surface area contributed by atoms with Gasteiger partial charge in [0.25, 0.3) is 5.91 Å². The molecule has 2 aliphatic heterocycles. The molecule has 2 aliphatic rings. The van der Waals surface area contributed by atoms with E-state index >= 15 is 0 Å². The summed E-state index contributed by atoms with van der Waals surface area (Å²) in [5, 5.41) is 0. The summed E-state index contributed by atoms with van der Waals surface area (Å²) in [6.07, 6.45) is 6.57. The van der Waals surface area contributed by atoms with Crippen LogP contribution in [0.25, 0.3) is 6.08 Å². The minimum Gasteiger partial charge on any atom is -0.466 e. The summed E-state index contributed by atoms with van der Waals surface area (Å²) in [6, 6.07) is 5.58. The van der Waals surface area contributed by atoms with Crippen LogP contribution in [0.15, 0.2) is 23.1 Å². The highest BCUT2D eigenvalue weighted by atomic mass is 32.2. The molecule has 0 aromatic heterocycles. The molecule has 2 heterocycles. The smallest absolute Gasteiger partial charge is 0.305 e. The molecule has 0 unspecified atom stereocenters. The fourth-order valence-electron chi connectivity index (χ4n) is 2.97. The van der Waals surface area contributed by atoms with Crippen molar-refractivity contribution in [3.05, 3.63) is 28.7 Å². The number of ether oxygens (including phenoxy) is 3. The second-order valence-electron chi connectivity index (χ2n) is 6.83. The first kappa shape index (κ1) is 21.6. The molecule has 3 rings (SSSR count). The number of rotatable bonds is 10. The van der Waals surface area contributed by atoms with Crippen molar-refractivity contribution < 1.29 is 23.8 Å². The maximum absolute atomic E-state index is 12.7. The van der Waals surface area contributed by atoms with Gasteiger partial charge in [-0.05, 0) is 43.0 Å². The molecule has 0 aliphatic carbocycles. The second kappa shape index (κ2) is 10.6. The first-order valence-corrected chi connectivity index (χ1v) is 11.1. The summed E-state index contributed by atoms with van der Waals surface area (Å²) in [5.74, 6) is 1.18. The summed E-state index contributed by atoms with van der Waals surface area (Å²) in [5.41, 5.74) is 0.872. The minimum absolute atomic E-state index is 0.0726. The Hall–Kier alpha value is -2.06. The lowest BCUT2D eigenvalue weighted by atomic mass is 10.1. The number of benzene rings is 1. The van der Waals surface area contributed by atoms with Gasteiger partial charge in [-0.25, -0.2) is 0 Å². The Balaban J connectivity index is 1.44. The van der Waals surface area contributed by atoms with E-state index in [2.05, 4.69) is 6.92 Å². The van der Waals surface area contributed by atoms with E-state index in [0.717, 1.165) is 37.7 Å². The standard InChI is InChI=1S/C21H25NO5S2/c1-2-3-11-25-19(23)7-5-4-6-10-22-20(24)18(29-21(22)28)13-15-8-9-16-17(12-15)27-14-26-16/h8-9,12-13H,2-7,10-11,14H2,1H3/b18-13-. The van der Waals surface area contributed by atoms with Crippen molar-refractivity contribution in [3.8, 4) is 11.5 Å². The molecule has 156 valence electrons. The fraction of sp³-hybridized carbons (Fsp3) is 0.476. The summed E-state index contributed by atoms with van der Waals surface area (Å²) >= 11 is 6.69. The lowest BCUT2D eigenvalue weighted by molar-refractivity contribution is -0.143. The first-order valence-electron chi connectivity index (χ1n) is 9.89. The van der Waals surface area contributed by atoms with Gasteiger partial charge in [0.1, 0.15) is 4.32 Å². The molecular formula is C21H25NO5S2. The zero-order valence-electron chi connectivity index (χ0n) is 16.5. The van der Waals surface area contributed by atoms with E-state index in [1.807, 2.05) is 24.3 Å². The molecule has 8 heteroatoms. The summed E-state index contributed by atoms with van der Waals surface area (Å²) < 4.78 is 16.4. The molecule has 6 nitrogen and oxygen atoms in total. The van der Waals surface area contributed by atoms with Gasteiger partial charge < -0.3 is 14.2 Å². The Kier molecular flexibility index (Phi) is 7.94. The predicted octanol–water partition coefficient (Wildman–Crippen LogP) is 4.52. The van der Waals surface area contributed by atoms with Gasteiger partial charge in [-0.2, -0.15) is 0 Å². The molecule has 0 atom stereocenters. The van der Waals surface area contributed by atoms with E-state index < -0.39 is 0 Å². The van der Waals surface area contributed by atoms with E-state index in [1.54, 1.807) is 4.90 Å². The molecule has 1 aromatic carbocycles. The normalized spacial score (nSPS) is 16.7. The Labute approximate surface area is 180 Å². The van der Waals surface area contributed by atoms with Crippen LogP contribution in [-0.4, -0.2) is 41.0 Å². The number of nitrogens with zero attached hydrogens (tertiary/aromatic N) is 1. The Bertz CT molecular complexity index is 808. The van der Waals surface area contributed by atoms with Crippen LogP contribution in [0.5, 0.6) is 11.5 Å². The largest absolute Gasteiger partial charge is 0.466 e. The van der Waals surface area contributed by atoms with Crippen molar-refractivity contribution in [3.63, 3.8) is 0 Å². The predicted molar refractivity (Wildman–Crippen MR) is 117 cm³/mol. The highest BCUT2D eigenvalue weighted by Gasteiger charge is 2.31. The molecule has 0 saturated carbocycles. The first-order chi connectivity index (χ1) is 14.1. The van der Waals surface area contributed by atoms with Crippen LogP contribution in [0, 0.1) is 0 Å². The minimum atomic E-state index is -0.143. The fourth-order valence-corrected chi connectivity index (χ4v) is 4.27. The number of carbonyl (C=O) groups is 2. The van der Waals surface area contributed by atoms with Crippen LogP contribution in [0.2, 0.25) is 0 Å². The molecule has 1 fully saturated rings. The number of thiocarbonyl (C=S) groups is 1. The molecule has 0 spiro atoms. The zero-order chi connectivity index (χ0) is 20.6. The number of unbranched alkanes of at least 4 members (excludes halogenated alkanes) is 3. The van der Waals surface area contributed by atoms with Gasteiger partial charge in [0.15, 0.2) is 11.5 Å². The molecule has 0 radical (unpaired) electrons. The quantitative estimate of drug-likeness (QED) is 0.232. The number of amides is 1. The van der Waals surface area contributed by atoms with Crippen molar-refractivity contribution >= 4 is 46.3 Å². The third kappa shape index (κ3) is 5.96. The van der Waals surface area contributed by atoms with Gasteiger partial charge >= 0.3 is 5.97 Å². The van der Waals surface area contributed by atoms with Crippen molar-refractivity contribution in [1.82, 2.24) is 4.90 Å². The molecule has 1 saturated heterocycles. The summed E-state index contributed by atoms with van der Waals surface area (Å²) in [6.45, 7) is 3.35. The number of thioether (sulfide) groups is 1. The number of esters is 1. The molecule has 0 bridgehead atoms. The third-order valence-electron chi connectivity index (χ3n) is 4.59. The van der Waals surface area contributed by atoms with Crippen LogP contribution < -0.4 is 9.47 Å². The molecule has 1 amide bonds. The van der Waals surface area contributed by atoms with Gasteiger partial charge in [-0.3, -0.25) is 14.5 Å². The van der Waals surface area contributed by atoms with Crippen molar-refractivity contribution in [2.45, 2.75) is 45.4 Å². The number of hydrogen-bond donors (Lipinski definition) is 0. The SMILES string of the molecule is CCCCOC(=O)CCCCCN1C(=O)/C(=C/c2ccc3c(c2)OCO3)SC1=S. The van der Waals surface area contributed by atoms with Crippen molar-refractivity contribution in [2.75, 3.05) is 19.9 Å². The van der Waals surface area contributed by atoms with Crippen LogP contribution in [-0.2, 0) is 14.3 Å². The maximum atomic E-state index is 12.7. The average Bonchev–Trinajstić information content (AvgIpc) is 3.27. The van der Waals surface area contributed by atoms with Crippen LogP contribution in [0.3, 0.4) is 0 Å². The van der Waals surface area contributed by atoms with E-state index in [9.17, 15) is 9.59 Å². The summed E-state index contributed by atoms with van der Waals surface area (Å²) in [4.78, 5) is 26.5. The van der Waals surface area contributed by atoms with Gasteiger partial charge in [-0.1, -0.05) is 49.8 Å². The number of carbonyl (C=O) groups excluding carboxylic acids is 2. The molecule has 0 N–H and O–H groups in total. The van der Waals surface area contributed by atoms with Crippen LogP contribution in [0.1, 0.15) is 51.0 Å². The van der Waals surface area contributed by atoms with E-state index in [1.165, 1.54) is 11.8 Å². The maximum Gasteiger partial charge on any atom is 0.305 e. The molecule has 1 aromatic rings. The Morgan fingerprint density at radius 1 is 1.24 bits per heavy atom. The van der Waals surface area contributed by atoms with Gasteiger partial charge in [0.05, 0.1) is 11.5 Å². The molecular weight excluding hydrogens is 410 g/mol.